The molecule has 2 rings (SSSR count). The van der Waals surface area contributed by atoms with Crippen LogP contribution in [0.2, 0.25) is 0 Å². The van der Waals surface area contributed by atoms with Crippen molar-refractivity contribution < 1.29 is 13.5 Å². The van der Waals surface area contributed by atoms with E-state index in [1.54, 1.807) is 25.1 Å². The number of benzene rings is 1. The van der Waals surface area contributed by atoms with Crippen LogP contribution in [0.1, 0.15) is 26.2 Å². The maximum atomic E-state index is 12.0. The van der Waals surface area contributed by atoms with E-state index in [2.05, 4.69) is 5.32 Å². The number of nitrogens with one attached hydrogen (secondary N) is 1. The molecule has 1 aromatic rings. The molecule has 0 bridgehead atoms. The van der Waals surface area contributed by atoms with Gasteiger partial charge in [-0.1, -0.05) is 19.1 Å². The van der Waals surface area contributed by atoms with Crippen LogP contribution in [0.5, 0.6) is 0 Å². The van der Waals surface area contributed by atoms with E-state index in [0.717, 1.165) is 19.3 Å². The van der Waals surface area contributed by atoms with Crippen LogP contribution in [0.15, 0.2) is 29.2 Å². The van der Waals surface area contributed by atoms with E-state index in [0.29, 0.717) is 23.0 Å². The first-order valence-corrected chi connectivity index (χ1v) is 8.42. The molecule has 0 spiro atoms. The predicted molar refractivity (Wildman–Crippen MR) is 76.0 cm³/mol. The molecule has 1 aromatic carbocycles. The minimum absolute atomic E-state index is 0.105. The number of aliphatic hydroxyl groups excluding tert-OH is 1. The van der Waals surface area contributed by atoms with Crippen molar-refractivity contribution in [2.45, 2.75) is 37.2 Å². The lowest BCUT2D eigenvalue weighted by molar-refractivity contribution is 0.178. The summed E-state index contributed by atoms with van der Waals surface area (Å²) in [5.74, 6) is 0.529. The van der Waals surface area contributed by atoms with Gasteiger partial charge in [0.25, 0.3) is 0 Å². The SMILES string of the molecule is CCS(=O)(=O)c1ccccc1NCC1CCC(O)C1. The smallest absolute Gasteiger partial charge is 0.180 e. The monoisotopic (exact) mass is 283 g/mol. The van der Waals surface area contributed by atoms with Crippen molar-refractivity contribution in [1.82, 2.24) is 0 Å². The van der Waals surface area contributed by atoms with Crippen LogP contribution in [0.4, 0.5) is 5.69 Å². The molecule has 2 atom stereocenters. The summed E-state index contributed by atoms with van der Waals surface area (Å²) in [6.45, 7) is 2.37. The number of sulfone groups is 1. The summed E-state index contributed by atoms with van der Waals surface area (Å²) in [7, 11) is -3.20. The average molecular weight is 283 g/mol. The summed E-state index contributed by atoms with van der Waals surface area (Å²) in [6, 6.07) is 7.02. The van der Waals surface area contributed by atoms with Gasteiger partial charge in [-0.25, -0.2) is 8.42 Å². The van der Waals surface area contributed by atoms with Crippen LogP contribution in [0.25, 0.3) is 0 Å². The highest BCUT2D eigenvalue weighted by atomic mass is 32.2. The first kappa shape index (κ1) is 14.3. The van der Waals surface area contributed by atoms with Gasteiger partial charge in [-0.15, -0.1) is 0 Å². The van der Waals surface area contributed by atoms with Gasteiger partial charge in [0, 0.05) is 6.54 Å². The average Bonchev–Trinajstić information content (AvgIpc) is 2.82. The zero-order chi connectivity index (χ0) is 13.9. The van der Waals surface area contributed by atoms with Crippen LogP contribution < -0.4 is 5.32 Å². The van der Waals surface area contributed by atoms with Gasteiger partial charge >= 0.3 is 0 Å². The van der Waals surface area contributed by atoms with Crippen LogP contribution in [0, 0.1) is 5.92 Å². The summed E-state index contributed by atoms with van der Waals surface area (Å²) in [5.41, 5.74) is 0.672. The normalized spacial score (nSPS) is 23.5. The molecule has 106 valence electrons. The molecule has 0 heterocycles. The maximum absolute atomic E-state index is 12.0. The first-order chi connectivity index (χ1) is 9.03. The van der Waals surface area contributed by atoms with Gasteiger partial charge in [0.2, 0.25) is 0 Å². The lowest BCUT2D eigenvalue weighted by Gasteiger charge is -2.15. The molecule has 1 aliphatic rings. The second kappa shape index (κ2) is 5.92. The van der Waals surface area contributed by atoms with E-state index in [4.69, 9.17) is 0 Å². The molecular weight excluding hydrogens is 262 g/mol. The third-order valence-electron chi connectivity index (χ3n) is 3.70. The zero-order valence-electron chi connectivity index (χ0n) is 11.2. The van der Waals surface area contributed by atoms with Gasteiger partial charge in [-0.05, 0) is 37.3 Å². The lowest BCUT2D eigenvalue weighted by atomic mass is 10.1. The fourth-order valence-corrected chi connectivity index (χ4v) is 3.60. The van der Waals surface area contributed by atoms with E-state index in [1.165, 1.54) is 0 Å². The van der Waals surface area contributed by atoms with E-state index >= 15 is 0 Å². The van der Waals surface area contributed by atoms with Crippen molar-refractivity contribution >= 4 is 15.5 Å². The quantitative estimate of drug-likeness (QED) is 0.868. The van der Waals surface area contributed by atoms with E-state index < -0.39 is 9.84 Å². The molecule has 0 aliphatic heterocycles. The fourth-order valence-electron chi connectivity index (χ4n) is 2.53. The van der Waals surface area contributed by atoms with E-state index in [9.17, 15) is 13.5 Å². The highest BCUT2D eigenvalue weighted by Crippen LogP contribution is 2.27. The second-order valence-corrected chi connectivity index (χ2v) is 7.36. The number of rotatable bonds is 5. The Morgan fingerprint density at radius 1 is 1.32 bits per heavy atom. The largest absolute Gasteiger partial charge is 0.393 e. The minimum Gasteiger partial charge on any atom is -0.393 e. The van der Waals surface area contributed by atoms with Crippen molar-refractivity contribution in [3.8, 4) is 0 Å². The number of hydrogen-bond donors (Lipinski definition) is 2. The third-order valence-corrected chi connectivity index (χ3v) is 5.48. The molecule has 1 saturated carbocycles. The Hall–Kier alpha value is -1.07. The first-order valence-electron chi connectivity index (χ1n) is 6.76. The molecule has 0 aromatic heterocycles. The lowest BCUT2D eigenvalue weighted by Crippen LogP contribution is -2.15. The van der Waals surface area contributed by atoms with E-state index in [1.807, 2.05) is 6.07 Å². The molecule has 4 nitrogen and oxygen atoms in total. The summed E-state index contributed by atoms with van der Waals surface area (Å²) >= 11 is 0. The van der Waals surface area contributed by atoms with Gasteiger partial charge in [0.15, 0.2) is 9.84 Å². The molecule has 0 saturated heterocycles. The van der Waals surface area contributed by atoms with Gasteiger partial charge in [-0.2, -0.15) is 0 Å². The van der Waals surface area contributed by atoms with Gasteiger partial charge in [0.05, 0.1) is 22.4 Å². The van der Waals surface area contributed by atoms with Crippen molar-refractivity contribution in [1.29, 1.82) is 0 Å². The van der Waals surface area contributed by atoms with Gasteiger partial charge in [0.1, 0.15) is 0 Å². The Bertz CT molecular complexity index is 527. The highest BCUT2D eigenvalue weighted by Gasteiger charge is 2.23. The molecule has 1 fully saturated rings. The van der Waals surface area contributed by atoms with Crippen molar-refractivity contribution in [2.75, 3.05) is 17.6 Å². The number of para-hydroxylation sites is 1. The molecule has 2 N–H and O–H groups in total. The summed E-state index contributed by atoms with van der Waals surface area (Å²) in [6.07, 6.45) is 2.45. The summed E-state index contributed by atoms with van der Waals surface area (Å²) in [4.78, 5) is 0.371. The number of anilines is 1. The molecule has 5 heteroatoms. The molecule has 1 aliphatic carbocycles. The topological polar surface area (TPSA) is 66.4 Å². The standard InChI is InChI=1S/C14H21NO3S/c1-2-19(17,18)14-6-4-3-5-13(14)15-10-11-7-8-12(16)9-11/h3-6,11-12,15-16H,2,7-10H2,1H3. The second-order valence-electron chi connectivity index (χ2n) is 5.11. The van der Waals surface area contributed by atoms with Crippen LogP contribution in [-0.2, 0) is 9.84 Å². The van der Waals surface area contributed by atoms with Crippen molar-refractivity contribution in [2.24, 2.45) is 5.92 Å². The summed E-state index contributed by atoms with van der Waals surface area (Å²) in [5, 5.41) is 12.7. The van der Waals surface area contributed by atoms with Crippen LogP contribution >= 0.6 is 0 Å². The van der Waals surface area contributed by atoms with Crippen LogP contribution in [0.3, 0.4) is 0 Å². The minimum atomic E-state index is -3.20. The van der Waals surface area contributed by atoms with Crippen LogP contribution in [-0.4, -0.2) is 31.9 Å². The Morgan fingerprint density at radius 2 is 2.05 bits per heavy atom. The van der Waals surface area contributed by atoms with Crippen molar-refractivity contribution in [3.05, 3.63) is 24.3 Å². The Balaban J connectivity index is 2.08. The Kier molecular flexibility index (Phi) is 4.47. The van der Waals surface area contributed by atoms with Gasteiger partial charge < -0.3 is 10.4 Å². The molecular formula is C14H21NO3S. The predicted octanol–water partition coefficient (Wildman–Crippen LogP) is 2.05. The van der Waals surface area contributed by atoms with E-state index in [-0.39, 0.29) is 11.9 Å². The number of hydrogen-bond acceptors (Lipinski definition) is 4. The Labute approximate surface area is 114 Å². The zero-order valence-corrected chi connectivity index (χ0v) is 12.0. The fraction of sp³-hybridized carbons (Fsp3) is 0.571. The highest BCUT2D eigenvalue weighted by molar-refractivity contribution is 7.91. The molecule has 0 radical (unpaired) electrons. The molecule has 0 amide bonds. The van der Waals surface area contributed by atoms with Gasteiger partial charge in [-0.3, -0.25) is 0 Å². The summed E-state index contributed by atoms with van der Waals surface area (Å²) < 4.78 is 24.0. The molecule has 19 heavy (non-hydrogen) atoms. The van der Waals surface area contributed by atoms with Crippen molar-refractivity contribution in [3.63, 3.8) is 0 Å². The molecule has 2 unspecified atom stereocenters. The Morgan fingerprint density at radius 3 is 2.68 bits per heavy atom. The number of aliphatic hydroxyl groups is 1. The maximum Gasteiger partial charge on any atom is 0.180 e. The third kappa shape index (κ3) is 3.48.